The third kappa shape index (κ3) is 2.69. The molecule has 14 heavy (non-hydrogen) atoms. The minimum atomic E-state index is 0.459. The Hall–Kier alpha value is -1.12. The predicted octanol–water partition coefficient (Wildman–Crippen LogP) is 2.59. The SMILES string of the molecule is CCCc1nc(NC)cc(C(C)C)n1. The molecule has 1 N–H and O–H groups in total. The van der Waals surface area contributed by atoms with Crippen LogP contribution in [0.3, 0.4) is 0 Å². The second kappa shape index (κ2) is 4.94. The van der Waals surface area contributed by atoms with Crippen molar-refractivity contribution in [3.63, 3.8) is 0 Å². The molecule has 0 aliphatic heterocycles. The minimum Gasteiger partial charge on any atom is -0.373 e. The van der Waals surface area contributed by atoms with Gasteiger partial charge >= 0.3 is 0 Å². The van der Waals surface area contributed by atoms with E-state index < -0.39 is 0 Å². The molecule has 3 heteroatoms. The van der Waals surface area contributed by atoms with Crippen molar-refractivity contribution in [3.8, 4) is 0 Å². The number of rotatable bonds is 4. The average molecular weight is 193 g/mol. The molecule has 0 aliphatic rings. The van der Waals surface area contributed by atoms with Gasteiger partial charge < -0.3 is 5.32 Å². The van der Waals surface area contributed by atoms with Crippen LogP contribution >= 0.6 is 0 Å². The van der Waals surface area contributed by atoms with Crippen molar-refractivity contribution in [3.05, 3.63) is 17.6 Å². The number of hydrogen-bond acceptors (Lipinski definition) is 3. The topological polar surface area (TPSA) is 37.8 Å². The molecule has 78 valence electrons. The van der Waals surface area contributed by atoms with Crippen molar-refractivity contribution in [2.75, 3.05) is 12.4 Å². The molecule has 0 fully saturated rings. The second-order valence-electron chi connectivity index (χ2n) is 3.75. The normalized spacial score (nSPS) is 10.6. The first kappa shape index (κ1) is 11.0. The van der Waals surface area contributed by atoms with E-state index in [4.69, 9.17) is 0 Å². The number of aryl methyl sites for hydroxylation is 1. The lowest BCUT2D eigenvalue weighted by Crippen LogP contribution is -2.04. The van der Waals surface area contributed by atoms with Crippen LogP contribution in [0.5, 0.6) is 0 Å². The summed E-state index contributed by atoms with van der Waals surface area (Å²) in [5.41, 5.74) is 1.12. The van der Waals surface area contributed by atoms with Gasteiger partial charge in [0.1, 0.15) is 11.6 Å². The minimum absolute atomic E-state index is 0.459. The number of hydrogen-bond donors (Lipinski definition) is 1. The molecule has 0 radical (unpaired) electrons. The third-order valence-corrected chi connectivity index (χ3v) is 2.11. The van der Waals surface area contributed by atoms with Crippen molar-refractivity contribution >= 4 is 5.82 Å². The Kier molecular flexibility index (Phi) is 3.86. The third-order valence-electron chi connectivity index (χ3n) is 2.11. The number of nitrogens with one attached hydrogen (secondary N) is 1. The highest BCUT2D eigenvalue weighted by atomic mass is 15.0. The van der Waals surface area contributed by atoms with Gasteiger partial charge in [0.25, 0.3) is 0 Å². The predicted molar refractivity (Wildman–Crippen MR) is 59.7 cm³/mol. The molecule has 1 heterocycles. The molecule has 0 aromatic carbocycles. The quantitative estimate of drug-likeness (QED) is 0.798. The van der Waals surface area contributed by atoms with E-state index in [1.807, 2.05) is 13.1 Å². The molecule has 0 spiro atoms. The van der Waals surface area contributed by atoms with Crippen LogP contribution in [0.4, 0.5) is 5.82 Å². The van der Waals surface area contributed by atoms with Crippen molar-refractivity contribution in [1.29, 1.82) is 0 Å². The summed E-state index contributed by atoms with van der Waals surface area (Å²) in [7, 11) is 1.89. The van der Waals surface area contributed by atoms with Gasteiger partial charge in [-0.2, -0.15) is 0 Å². The molecule has 0 atom stereocenters. The van der Waals surface area contributed by atoms with E-state index in [1.165, 1.54) is 0 Å². The Morgan fingerprint density at radius 3 is 2.57 bits per heavy atom. The van der Waals surface area contributed by atoms with Gasteiger partial charge in [0, 0.05) is 25.2 Å². The van der Waals surface area contributed by atoms with Gasteiger partial charge in [0.05, 0.1) is 0 Å². The summed E-state index contributed by atoms with van der Waals surface area (Å²) >= 11 is 0. The summed E-state index contributed by atoms with van der Waals surface area (Å²) in [5.74, 6) is 2.33. The summed E-state index contributed by atoms with van der Waals surface area (Å²) in [6.45, 7) is 6.44. The fourth-order valence-corrected chi connectivity index (χ4v) is 1.28. The van der Waals surface area contributed by atoms with E-state index in [-0.39, 0.29) is 0 Å². The van der Waals surface area contributed by atoms with Crippen molar-refractivity contribution in [2.45, 2.75) is 39.5 Å². The summed E-state index contributed by atoms with van der Waals surface area (Å²) in [5, 5.41) is 3.07. The van der Waals surface area contributed by atoms with Crippen molar-refractivity contribution in [2.24, 2.45) is 0 Å². The average Bonchev–Trinajstić information content (AvgIpc) is 2.17. The lowest BCUT2D eigenvalue weighted by atomic mass is 10.1. The van der Waals surface area contributed by atoms with Gasteiger partial charge in [-0.3, -0.25) is 0 Å². The van der Waals surface area contributed by atoms with E-state index in [2.05, 4.69) is 36.1 Å². The Labute approximate surface area is 86.0 Å². The molecule has 1 aromatic heterocycles. The standard InChI is InChI=1S/C11H19N3/c1-5-6-10-13-9(8(2)3)7-11(12-4)14-10/h7-8H,5-6H2,1-4H3,(H,12,13,14). The van der Waals surface area contributed by atoms with E-state index in [1.54, 1.807) is 0 Å². The van der Waals surface area contributed by atoms with Gasteiger partial charge in [-0.15, -0.1) is 0 Å². The number of anilines is 1. The van der Waals surface area contributed by atoms with Gasteiger partial charge in [0.2, 0.25) is 0 Å². The molecule has 0 bridgehead atoms. The molecule has 0 unspecified atom stereocenters. The summed E-state index contributed by atoms with van der Waals surface area (Å²) in [4.78, 5) is 8.92. The van der Waals surface area contributed by atoms with Gasteiger partial charge in [-0.1, -0.05) is 20.8 Å². The molecule has 0 saturated heterocycles. The highest BCUT2D eigenvalue weighted by Crippen LogP contribution is 2.15. The summed E-state index contributed by atoms with van der Waals surface area (Å²) < 4.78 is 0. The van der Waals surface area contributed by atoms with E-state index in [9.17, 15) is 0 Å². The van der Waals surface area contributed by atoms with Crippen LogP contribution in [0.15, 0.2) is 6.07 Å². The van der Waals surface area contributed by atoms with Crippen LogP contribution < -0.4 is 5.32 Å². The smallest absolute Gasteiger partial charge is 0.131 e. The van der Waals surface area contributed by atoms with Gasteiger partial charge in [-0.25, -0.2) is 9.97 Å². The largest absolute Gasteiger partial charge is 0.373 e. The van der Waals surface area contributed by atoms with E-state index in [0.717, 1.165) is 30.2 Å². The maximum absolute atomic E-state index is 4.52. The molecule has 1 aromatic rings. The molecule has 1 rings (SSSR count). The lowest BCUT2D eigenvalue weighted by Gasteiger charge is -2.09. The second-order valence-corrected chi connectivity index (χ2v) is 3.75. The molecule has 3 nitrogen and oxygen atoms in total. The number of aromatic nitrogens is 2. The van der Waals surface area contributed by atoms with Crippen LogP contribution in [0.1, 0.15) is 44.6 Å². The Bertz CT molecular complexity index is 295. The van der Waals surface area contributed by atoms with Crippen LogP contribution in [-0.4, -0.2) is 17.0 Å². The maximum atomic E-state index is 4.52. The zero-order valence-electron chi connectivity index (χ0n) is 9.46. The molecule has 0 amide bonds. The van der Waals surface area contributed by atoms with Crippen molar-refractivity contribution in [1.82, 2.24) is 9.97 Å². The molecule has 0 saturated carbocycles. The van der Waals surface area contributed by atoms with Gasteiger partial charge in [0.15, 0.2) is 0 Å². The Morgan fingerprint density at radius 1 is 1.36 bits per heavy atom. The first-order valence-electron chi connectivity index (χ1n) is 5.23. The Morgan fingerprint density at radius 2 is 2.07 bits per heavy atom. The van der Waals surface area contributed by atoms with Crippen LogP contribution in [-0.2, 0) is 6.42 Å². The summed E-state index contributed by atoms with van der Waals surface area (Å²) in [6, 6.07) is 2.02. The fraction of sp³-hybridized carbons (Fsp3) is 0.636. The van der Waals surface area contributed by atoms with Gasteiger partial charge in [-0.05, 0) is 12.3 Å². The zero-order chi connectivity index (χ0) is 10.6. The first-order chi connectivity index (χ1) is 6.67. The molecular formula is C11H19N3. The van der Waals surface area contributed by atoms with E-state index >= 15 is 0 Å². The number of nitrogens with zero attached hydrogens (tertiary/aromatic N) is 2. The van der Waals surface area contributed by atoms with Crippen LogP contribution in [0, 0.1) is 0 Å². The lowest BCUT2D eigenvalue weighted by molar-refractivity contribution is 0.765. The highest BCUT2D eigenvalue weighted by Gasteiger charge is 2.06. The van der Waals surface area contributed by atoms with E-state index in [0.29, 0.717) is 5.92 Å². The maximum Gasteiger partial charge on any atom is 0.131 e. The molecular weight excluding hydrogens is 174 g/mol. The van der Waals surface area contributed by atoms with Crippen LogP contribution in [0.2, 0.25) is 0 Å². The Balaban J connectivity index is 3.00. The monoisotopic (exact) mass is 193 g/mol. The zero-order valence-corrected chi connectivity index (χ0v) is 9.46. The van der Waals surface area contributed by atoms with Crippen LogP contribution in [0.25, 0.3) is 0 Å². The summed E-state index contributed by atoms with van der Waals surface area (Å²) in [6.07, 6.45) is 2.04. The molecule has 0 aliphatic carbocycles. The van der Waals surface area contributed by atoms with Crippen molar-refractivity contribution < 1.29 is 0 Å². The fourth-order valence-electron chi connectivity index (χ4n) is 1.28. The first-order valence-corrected chi connectivity index (χ1v) is 5.23. The highest BCUT2D eigenvalue weighted by molar-refractivity contribution is 5.36.